The van der Waals surface area contributed by atoms with Crippen molar-refractivity contribution in [3.8, 4) is 0 Å². The van der Waals surface area contributed by atoms with Gasteiger partial charge in [-0.3, -0.25) is 9.00 Å². The van der Waals surface area contributed by atoms with Gasteiger partial charge in [0, 0.05) is 21.8 Å². The zero-order valence-electron chi connectivity index (χ0n) is 10.8. The van der Waals surface area contributed by atoms with Gasteiger partial charge in [-0.1, -0.05) is 17.7 Å². The van der Waals surface area contributed by atoms with Crippen LogP contribution in [0.25, 0.3) is 0 Å². The van der Waals surface area contributed by atoms with Crippen LogP contribution in [-0.4, -0.2) is 10.1 Å². The Morgan fingerprint density at radius 1 is 1.24 bits per heavy atom. The molecule has 2 rings (SSSR count). The molecule has 1 amide bonds. The van der Waals surface area contributed by atoms with Gasteiger partial charge in [0.15, 0.2) is 0 Å². The lowest BCUT2D eigenvalue weighted by Gasteiger charge is -2.08. The van der Waals surface area contributed by atoms with E-state index in [2.05, 4.69) is 0 Å². The van der Waals surface area contributed by atoms with Crippen LogP contribution in [0.4, 0.5) is 10.1 Å². The average molecular weight is 327 g/mol. The van der Waals surface area contributed by atoms with Crippen molar-refractivity contribution in [3.63, 3.8) is 0 Å². The highest BCUT2D eigenvalue weighted by molar-refractivity contribution is 7.84. The maximum Gasteiger partial charge on any atom is 0.248 e. The third-order valence-corrected chi connectivity index (χ3v) is 4.50. The second-order valence-corrected chi connectivity index (χ2v) is 6.20. The van der Waals surface area contributed by atoms with E-state index < -0.39 is 22.5 Å². The van der Waals surface area contributed by atoms with Gasteiger partial charge in [0.1, 0.15) is 5.82 Å². The predicted octanol–water partition coefficient (Wildman–Crippen LogP) is 2.47. The fourth-order valence-electron chi connectivity index (χ4n) is 1.74. The van der Waals surface area contributed by atoms with Gasteiger partial charge in [-0.2, -0.15) is 0 Å². The molecule has 110 valence electrons. The number of primary amides is 1. The summed E-state index contributed by atoms with van der Waals surface area (Å²) in [7, 11) is -1.55. The minimum atomic E-state index is -1.55. The van der Waals surface area contributed by atoms with Crippen LogP contribution in [-0.2, 0) is 16.6 Å². The van der Waals surface area contributed by atoms with Crippen molar-refractivity contribution in [3.05, 3.63) is 58.4 Å². The number of amides is 1. The Balaban J connectivity index is 2.27. The Hall–Kier alpha value is -1.92. The number of carbonyl (C=O) groups is 1. The Kier molecular flexibility index (Phi) is 4.59. The molecule has 0 saturated carbocycles. The standard InChI is InChI=1S/C14H12ClFN2O2S/c15-10-3-4-12(17)13(6-10)21(20)7-9-2-1-8(14(18)19)5-11(9)16/h1-6H,7,17H2,(H2,18,19). The van der Waals surface area contributed by atoms with E-state index in [0.29, 0.717) is 15.6 Å². The van der Waals surface area contributed by atoms with E-state index in [4.69, 9.17) is 23.1 Å². The van der Waals surface area contributed by atoms with Gasteiger partial charge in [-0.15, -0.1) is 0 Å². The lowest BCUT2D eigenvalue weighted by Crippen LogP contribution is -2.12. The Bertz CT molecular complexity index is 737. The van der Waals surface area contributed by atoms with Crippen LogP contribution in [0.2, 0.25) is 5.02 Å². The van der Waals surface area contributed by atoms with E-state index in [1.807, 2.05) is 0 Å². The second-order valence-electron chi connectivity index (χ2n) is 4.34. The Morgan fingerprint density at radius 3 is 2.57 bits per heavy atom. The van der Waals surface area contributed by atoms with Crippen molar-refractivity contribution in [2.45, 2.75) is 10.6 Å². The minimum absolute atomic E-state index is 0.0595. The van der Waals surface area contributed by atoms with Gasteiger partial charge in [0.25, 0.3) is 0 Å². The molecule has 0 aliphatic carbocycles. The molecular weight excluding hydrogens is 315 g/mol. The zero-order chi connectivity index (χ0) is 15.6. The number of nitrogen functional groups attached to an aromatic ring is 1. The summed E-state index contributed by atoms with van der Waals surface area (Å²) in [6.07, 6.45) is 0. The van der Waals surface area contributed by atoms with Gasteiger partial charge in [-0.25, -0.2) is 4.39 Å². The molecule has 0 aliphatic rings. The largest absolute Gasteiger partial charge is 0.398 e. The summed E-state index contributed by atoms with van der Waals surface area (Å²) in [6.45, 7) is 0. The summed E-state index contributed by atoms with van der Waals surface area (Å²) in [5.41, 5.74) is 11.4. The molecule has 0 aromatic heterocycles. The van der Waals surface area contributed by atoms with E-state index in [0.717, 1.165) is 6.07 Å². The molecule has 0 aliphatic heterocycles. The molecule has 1 unspecified atom stereocenters. The molecule has 0 bridgehead atoms. The van der Waals surface area contributed by atoms with Crippen LogP contribution in [0.5, 0.6) is 0 Å². The first-order valence-electron chi connectivity index (χ1n) is 5.90. The third kappa shape index (κ3) is 3.59. The van der Waals surface area contributed by atoms with Crippen molar-refractivity contribution in [1.82, 2.24) is 0 Å². The summed E-state index contributed by atoms with van der Waals surface area (Å²) in [4.78, 5) is 11.3. The molecule has 0 saturated heterocycles. The van der Waals surface area contributed by atoms with Crippen molar-refractivity contribution in [1.29, 1.82) is 0 Å². The summed E-state index contributed by atoms with van der Waals surface area (Å²) in [5.74, 6) is -1.43. The smallest absolute Gasteiger partial charge is 0.248 e. The number of hydrogen-bond donors (Lipinski definition) is 2. The molecule has 4 nitrogen and oxygen atoms in total. The number of anilines is 1. The van der Waals surface area contributed by atoms with Crippen molar-refractivity contribution >= 4 is 34.0 Å². The monoisotopic (exact) mass is 326 g/mol. The molecule has 21 heavy (non-hydrogen) atoms. The van der Waals surface area contributed by atoms with E-state index in [1.54, 1.807) is 12.1 Å². The Labute approximate surface area is 128 Å². The summed E-state index contributed by atoms with van der Waals surface area (Å²) in [5, 5.41) is 0.400. The third-order valence-electron chi connectivity index (χ3n) is 2.85. The molecular formula is C14H12ClFN2O2S. The first-order chi connectivity index (χ1) is 9.88. The van der Waals surface area contributed by atoms with Gasteiger partial charge >= 0.3 is 0 Å². The molecule has 1 atom stereocenters. The SMILES string of the molecule is NC(=O)c1ccc(CS(=O)c2cc(Cl)ccc2N)c(F)c1. The van der Waals surface area contributed by atoms with E-state index >= 15 is 0 Å². The molecule has 0 radical (unpaired) electrons. The van der Waals surface area contributed by atoms with E-state index in [9.17, 15) is 13.4 Å². The second kappa shape index (κ2) is 6.24. The van der Waals surface area contributed by atoms with Gasteiger partial charge in [0.2, 0.25) is 5.91 Å². The molecule has 4 N–H and O–H groups in total. The minimum Gasteiger partial charge on any atom is -0.398 e. The lowest BCUT2D eigenvalue weighted by atomic mass is 10.1. The summed E-state index contributed by atoms with van der Waals surface area (Å²) in [6, 6.07) is 8.41. The molecule has 0 spiro atoms. The summed E-state index contributed by atoms with van der Waals surface area (Å²) < 4.78 is 26.1. The molecule has 0 fully saturated rings. The van der Waals surface area contributed by atoms with Gasteiger partial charge < -0.3 is 11.5 Å². The number of benzene rings is 2. The van der Waals surface area contributed by atoms with Gasteiger partial charge in [-0.05, 0) is 30.3 Å². The lowest BCUT2D eigenvalue weighted by molar-refractivity contribution is 0.1000. The van der Waals surface area contributed by atoms with Crippen molar-refractivity contribution in [2.75, 3.05) is 5.73 Å². The van der Waals surface area contributed by atoms with Crippen molar-refractivity contribution < 1.29 is 13.4 Å². The summed E-state index contributed by atoms with van der Waals surface area (Å²) >= 11 is 5.84. The normalized spacial score (nSPS) is 12.1. The van der Waals surface area contributed by atoms with Gasteiger partial charge in [0.05, 0.1) is 21.4 Å². The van der Waals surface area contributed by atoms with E-state index in [1.165, 1.54) is 18.2 Å². The maximum atomic E-state index is 13.9. The number of hydrogen-bond acceptors (Lipinski definition) is 3. The predicted molar refractivity (Wildman–Crippen MR) is 80.9 cm³/mol. The first kappa shape index (κ1) is 15.5. The highest BCUT2D eigenvalue weighted by Crippen LogP contribution is 2.24. The molecule has 7 heteroatoms. The first-order valence-corrected chi connectivity index (χ1v) is 7.60. The number of halogens is 2. The van der Waals surface area contributed by atoms with Crippen molar-refractivity contribution in [2.24, 2.45) is 5.73 Å². The number of rotatable bonds is 4. The van der Waals surface area contributed by atoms with Crippen LogP contribution in [0.3, 0.4) is 0 Å². The molecule has 2 aromatic rings. The highest BCUT2D eigenvalue weighted by atomic mass is 35.5. The topological polar surface area (TPSA) is 86.2 Å². The molecule has 2 aromatic carbocycles. The number of nitrogens with two attached hydrogens (primary N) is 2. The molecule has 0 heterocycles. The highest BCUT2D eigenvalue weighted by Gasteiger charge is 2.13. The van der Waals surface area contributed by atoms with Crippen LogP contribution < -0.4 is 11.5 Å². The quantitative estimate of drug-likeness (QED) is 0.846. The van der Waals surface area contributed by atoms with Crippen LogP contribution in [0, 0.1) is 5.82 Å². The van der Waals surface area contributed by atoms with Crippen LogP contribution in [0.15, 0.2) is 41.3 Å². The maximum absolute atomic E-state index is 13.9. The zero-order valence-corrected chi connectivity index (χ0v) is 12.4. The Morgan fingerprint density at radius 2 is 1.95 bits per heavy atom. The van der Waals surface area contributed by atoms with Crippen LogP contribution >= 0.6 is 11.6 Å². The van der Waals surface area contributed by atoms with E-state index in [-0.39, 0.29) is 16.9 Å². The van der Waals surface area contributed by atoms with Crippen LogP contribution in [0.1, 0.15) is 15.9 Å². The average Bonchev–Trinajstić information content (AvgIpc) is 2.43. The number of carbonyl (C=O) groups excluding carboxylic acids is 1. The fraction of sp³-hybridized carbons (Fsp3) is 0.0714. The fourth-order valence-corrected chi connectivity index (χ4v) is 3.24.